The second kappa shape index (κ2) is 9.29. The Bertz CT molecular complexity index is 714. The van der Waals surface area contributed by atoms with Crippen LogP contribution in [0, 0.1) is 6.92 Å². The van der Waals surface area contributed by atoms with Gasteiger partial charge in [0.25, 0.3) is 0 Å². The van der Waals surface area contributed by atoms with Crippen molar-refractivity contribution in [2.24, 2.45) is 0 Å². The molecule has 1 aromatic heterocycles. The SMILES string of the molecule is CCc1cc(N2CCC(N(C)CCC(O)c3ccccc3)CC2)nc(C)n1. The first kappa shape index (κ1) is 19.8. The van der Waals surface area contributed by atoms with Crippen LogP contribution in [0.4, 0.5) is 5.82 Å². The summed E-state index contributed by atoms with van der Waals surface area (Å²) in [6.07, 6.45) is 3.58. The van der Waals surface area contributed by atoms with E-state index in [-0.39, 0.29) is 6.10 Å². The molecule has 1 aliphatic heterocycles. The van der Waals surface area contributed by atoms with Gasteiger partial charge in [-0.3, -0.25) is 0 Å². The van der Waals surface area contributed by atoms with Gasteiger partial charge in [0.2, 0.25) is 0 Å². The van der Waals surface area contributed by atoms with Gasteiger partial charge in [0, 0.05) is 37.4 Å². The Morgan fingerprint density at radius 2 is 1.89 bits per heavy atom. The predicted octanol–water partition coefficient (Wildman–Crippen LogP) is 3.37. The van der Waals surface area contributed by atoms with E-state index in [9.17, 15) is 5.11 Å². The lowest BCUT2D eigenvalue weighted by molar-refractivity contribution is 0.129. The summed E-state index contributed by atoms with van der Waals surface area (Å²) in [6, 6.07) is 12.6. The topological polar surface area (TPSA) is 52.5 Å². The maximum absolute atomic E-state index is 10.4. The monoisotopic (exact) mass is 368 g/mol. The first-order valence-corrected chi connectivity index (χ1v) is 10.1. The van der Waals surface area contributed by atoms with Crippen molar-refractivity contribution in [3.8, 4) is 0 Å². The number of aliphatic hydroxyl groups excluding tert-OH is 1. The number of hydrogen-bond acceptors (Lipinski definition) is 5. The molecular weight excluding hydrogens is 336 g/mol. The summed E-state index contributed by atoms with van der Waals surface area (Å²) < 4.78 is 0. The van der Waals surface area contributed by atoms with Crippen molar-refractivity contribution in [3.63, 3.8) is 0 Å². The molecule has 0 amide bonds. The van der Waals surface area contributed by atoms with Crippen LogP contribution in [-0.2, 0) is 6.42 Å². The number of piperidine rings is 1. The molecule has 1 N–H and O–H groups in total. The molecule has 1 aliphatic rings. The van der Waals surface area contributed by atoms with Gasteiger partial charge >= 0.3 is 0 Å². The lowest BCUT2D eigenvalue weighted by Crippen LogP contribution is -2.44. The number of aromatic nitrogens is 2. The fraction of sp³-hybridized carbons (Fsp3) is 0.545. The van der Waals surface area contributed by atoms with Crippen LogP contribution < -0.4 is 4.90 Å². The van der Waals surface area contributed by atoms with E-state index in [1.807, 2.05) is 37.3 Å². The number of nitrogens with zero attached hydrogens (tertiary/aromatic N) is 4. The van der Waals surface area contributed by atoms with Gasteiger partial charge in [-0.1, -0.05) is 37.3 Å². The maximum Gasteiger partial charge on any atom is 0.132 e. The van der Waals surface area contributed by atoms with E-state index in [1.165, 1.54) is 0 Å². The lowest BCUT2D eigenvalue weighted by Gasteiger charge is -2.37. The van der Waals surface area contributed by atoms with E-state index >= 15 is 0 Å². The molecule has 0 saturated carbocycles. The highest BCUT2D eigenvalue weighted by Crippen LogP contribution is 2.23. The molecule has 2 aromatic rings. The minimum atomic E-state index is -0.384. The minimum Gasteiger partial charge on any atom is -0.388 e. The molecule has 0 spiro atoms. The molecule has 146 valence electrons. The van der Waals surface area contributed by atoms with Gasteiger partial charge in [-0.25, -0.2) is 9.97 Å². The van der Waals surface area contributed by atoms with Crippen LogP contribution in [0.3, 0.4) is 0 Å². The molecule has 0 bridgehead atoms. The Morgan fingerprint density at radius 3 is 2.56 bits per heavy atom. The zero-order chi connectivity index (χ0) is 19.2. The van der Waals surface area contributed by atoms with Crippen molar-refractivity contribution in [2.45, 2.75) is 51.7 Å². The molecule has 2 heterocycles. The fourth-order valence-corrected chi connectivity index (χ4v) is 3.84. The van der Waals surface area contributed by atoms with E-state index < -0.39 is 0 Å². The van der Waals surface area contributed by atoms with Gasteiger partial charge in [0.1, 0.15) is 11.6 Å². The van der Waals surface area contributed by atoms with Crippen molar-refractivity contribution in [1.29, 1.82) is 0 Å². The van der Waals surface area contributed by atoms with Crippen LogP contribution in [0.1, 0.15) is 49.4 Å². The summed E-state index contributed by atoms with van der Waals surface area (Å²) in [6.45, 7) is 7.07. The third-order valence-corrected chi connectivity index (χ3v) is 5.59. The van der Waals surface area contributed by atoms with Crippen LogP contribution in [0.15, 0.2) is 36.4 Å². The molecule has 27 heavy (non-hydrogen) atoms. The Balaban J connectivity index is 1.49. The average molecular weight is 369 g/mol. The molecule has 5 heteroatoms. The zero-order valence-corrected chi connectivity index (χ0v) is 16.8. The molecule has 1 unspecified atom stereocenters. The van der Waals surface area contributed by atoms with Crippen LogP contribution >= 0.6 is 0 Å². The molecule has 1 fully saturated rings. The Kier molecular flexibility index (Phi) is 6.80. The fourth-order valence-electron chi connectivity index (χ4n) is 3.84. The van der Waals surface area contributed by atoms with Gasteiger partial charge in [-0.15, -0.1) is 0 Å². The smallest absolute Gasteiger partial charge is 0.132 e. The summed E-state index contributed by atoms with van der Waals surface area (Å²) in [5, 5.41) is 10.4. The van der Waals surface area contributed by atoms with E-state index in [4.69, 9.17) is 0 Å². The largest absolute Gasteiger partial charge is 0.388 e. The lowest BCUT2D eigenvalue weighted by atomic mass is 10.0. The van der Waals surface area contributed by atoms with Crippen LogP contribution in [0.2, 0.25) is 0 Å². The Morgan fingerprint density at radius 1 is 1.19 bits per heavy atom. The number of hydrogen-bond donors (Lipinski definition) is 1. The van der Waals surface area contributed by atoms with Crippen molar-refractivity contribution >= 4 is 5.82 Å². The van der Waals surface area contributed by atoms with Crippen molar-refractivity contribution < 1.29 is 5.11 Å². The predicted molar refractivity (Wildman–Crippen MR) is 110 cm³/mol. The van der Waals surface area contributed by atoms with Crippen molar-refractivity contribution in [1.82, 2.24) is 14.9 Å². The molecular formula is C22H32N4O. The second-order valence-corrected chi connectivity index (χ2v) is 7.53. The zero-order valence-electron chi connectivity index (χ0n) is 16.8. The quantitative estimate of drug-likeness (QED) is 0.812. The first-order chi connectivity index (χ1) is 13.1. The molecule has 0 radical (unpaired) electrons. The number of anilines is 1. The Hall–Kier alpha value is -1.98. The number of aryl methyl sites for hydroxylation is 2. The molecule has 0 aliphatic carbocycles. The standard InChI is InChI=1S/C22H32N4O/c1-4-19-16-22(24-17(2)23-19)26-14-10-20(11-15-26)25(3)13-12-21(27)18-8-6-5-7-9-18/h5-9,16,20-21,27H,4,10-15H2,1-3H3. The van der Waals surface area contributed by atoms with Gasteiger partial charge in [0.15, 0.2) is 0 Å². The second-order valence-electron chi connectivity index (χ2n) is 7.53. The van der Waals surface area contributed by atoms with Crippen LogP contribution in [0.5, 0.6) is 0 Å². The van der Waals surface area contributed by atoms with Crippen molar-refractivity contribution in [2.75, 3.05) is 31.6 Å². The summed E-state index contributed by atoms with van der Waals surface area (Å²) in [5.74, 6) is 1.93. The number of aliphatic hydroxyl groups is 1. The molecule has 3 rings (SSSR count). The van der Waals surface area contributed by atoms with Gasteiger partial charge in [-0.2, -0.15) is 0 Å². The van der Waals surface area contributed by atoms with Gasteiger partial charge < -0.3 is 14.9 Å². The summed E-state index contributed by atoms with van der Waals surface area (Å²) >= 11 is 0. The first-order valence-electron chi connectivity index (χ1n) is 10.1. The average Bonchev–Trinajstić information content (AvgIpc) is 2.72. The molecule has 1 saturated heterocycles. The van der Waals surface area contributed by atoms with Crippen LogP contribution in [-0.4, -0.2) is 52.7 Å². The maximum atomic E-state index is 10.4. The third-order valence-electron chi connectivity index (χ3n) is 5.59. The highest BCUT2D eigenvalue weighted by atomic mass is 16.3. The molecule has 1 aromatic carbocycles. The van der Waals surface area contributed by atoms with Crippen molar-refractivity contribution in [3.05, 3.63) is 53.5 Å². The summed E-state index contributed by atoms with van der Waals surface area (Å²) in [5.41, 5.74) is 2.12. The number of benzene rings is 1. The normalized spacial score (nSPS) is 16.7. The van der Waals surface area contributed by atoms with E-state index in [1.54, 1.807) is 0 Å². The molecule has 5 nitrogen and oxygen atoms in total. The van der Waals surface area contributed by atoms with E-state index in [2.05, 4.69) is 39.8 Å². The van der Waals surface area contributed by atoms with Gasteiger partial charge in [0.05, 0.1) is 6.10 Å². The Labute approximate surface area is 163 Å². The minimum absolute atomic E-state index is 0.384. The highest BCUT2D eigenvalue weighted by Gasteiger charge is 2.24. The van der Waals surface area contributed by atoms with Gasteiger partial charge in [-0.05, 0) is 45.2 Å². The summed E-state index contributed by atoms with van der Waals surface area (Å²) in [7, 11) is 2.18. The highest BCUT2D eigenvalue weighted by molar-refractivity contribution is 5.40. The molecule has 1 atom stereocenters. The number of rotatable bonds is 7. The van der Waals surface area contributed by atoms with Crippen LogP contribution in [0.25, 0.3) is 0 Å². The van der Waals surface area contributed by atoms with E-state index in [0.717, 1.165) is 68.2 Å². The van der Waals surface area contributed by atoms with E-state index in [0.29, 0.717) is 6.04 Å². The summed E-state index contributed by atoms with van der Waals surface area (Å²) in [4.78, 5) is 13.9. The third kappa shape index (κ3) is 5.27.